The Morgan fingerprint density at radius 2 is 2.36 bits per heavy atom. The lowest BCUT2D eigenvalue weighted by atomic mass is 9.93. The summed E-state index contributed by atoms with van der Waals surface area (Å²) in [5.74, 6) is 0. The number of rotatable bonds is 2. The SMILES string of the molecule is CC1(C)CCN(Cc2nnsc2N)C1. The molecule has 0 spiro atoms. The summed E-state index contributed by atoms with van der Waals surface area (Å²) < 4.78 is 3.84. The van der Waals surface area contributed by atoms with E-state index >= 15 is 0 Å². The van der Waals surface area contributed by atoms with Crippen LogP contribution in [0.4, 0.5) is 5.00 Å². The van der Waals surface area contributed by atoms with E-state index in [-0.39, 0.29) is 0 Å². The van der Waals surface area contributed by atoms with Gasteiger partial charge in [0.2, 0.25) is 0 Å². The zero-order chi connectivity index (χ0) is 10.2. The molecule has 1 aromatic rings. The average Bonchev–Trinajstić information content (AvgIpc) is 2.61. The Morgan fingerprint density at radius 3 is 2.86 bits per heavy atom. The van der Waals surface area contributed by atoms with Crippen molar-refractivity contribution in [2.45, 2.75) is 26.8 Å². The van der Waals surface area contributed by atoms with Crippen LogP contribution in [0.25, 0.3) is 0 Å². The zero-order valence-corrected chi connectivity index (χ0v) is 9.47. The third kappa shape index (κ3) is 2.04. The molecule has 2 heterocycles. The first-order valence-electron chi connectivity index (χ1n) is 4.86. The van der Waals surface area contributed by atoms with Crippen molar-refractivity contribution in [3.63, 3.8) is 0 Å². The summed E-state index contributed by atoms with van der Waals surface area (Å²) in [5.41, 5.74) is 7.13. The first-order valence-corrected chi connectivity index (χ1v) is 5.63. The van der Waals surface area contributed by atoms with Gasteiger partial charge in [0, 0.05) is 24.6 Å². The van der Waals surface area contributed by atoms with E-state index in [1.54, 1.807) is 0 Å². The molecule has 14 heavy (non-hydrogen) atoms. The Morgan fingerprint density at radius 1 is 1.57 bits per heavy atom. The van der Waals surface area contributed by atoms with Crippen molar-refractivity contribution < 1.29 is 0 Å². The van der Waals surface area contributed by atoms with Crippen LogP contribution in [0.2, 0.25) is 0 Å². The molecule has 0 atom stereocenters. The molecular weight excluding hydrogens is 196 g/mol. The highest BCUT2D eigenvalue weighted by Crippen LogP contribution is 2.30. The minimum Gasteiger partial charge on any atom is -0.388 e. The molecule has 0 amide bonds. The van der Waals surface area contributed by atoms with Crippen LogP contribution in [0.3, 0.4) is 0 Å². The van der Waals surface area contributed by atoms with Crippen LogP contribution in [-0.2, 0) is 6.54 Å². The van der Waals surface area contributed by atoms with E-state index in [4.69, 9.17) is 5.73 Å². The van der Waals surface area contributed by atoms with Crippen LogP contribution in [-0.4, -0.2) is 27.6 Å². The largest absolute Gasteiger partial charge is 0.388 e. The van der Waals surface area contributed by atoms with Gasteiger partial charge in [0.25, 0.3) is 0 Å². The van der Waals surface area contributed by atoms with E-state index in [0.717, 1.165) is 30.3 Å². The number of anilines is 1. The van der Waals surface area contributed by atoms with Gasteiger partial charge in [-0.2, -0.15) is 0 Å². The summed E-state index contributed by atoms with van der Waals surface area (Å²) in [4.78, 5) is 2.40. The number of hydrogen-bond acceptors (Lipinski definition) is 5. The maximum Gasteiger partial charge on any atom is 0.132 e. The highest BCUT2D eigenvalue weighted by Gasteiger charge is 2.29. The highest BCUT2D eigenvalue weighted by atomic mass is 32.1. The van der Waals surface area contributed by atoms with Crippen LogP contribution < -0.4 is 5.73 Å². The van der Waals surface area contributed by atoms with E-state index in [0.29, 0.717) is 5.41 Å². The van der Waals surface area contributed by atoms with Gasteiger partial charge in [0.05, 0.1) is 0 Å². The molecular formula is C9H16N4S. The fraction of sp³-hybridized carbons (Fsp3) is 0.778. The van der Waals surface area contributed by atoms with Crippen LogP contribution in [0, 0.1) is 5.41 Å². The van der Waals surface area contributed by atoms with Crippen LogP contribution in [0.15, 0.2) is 0 Å². The summed E-state index contributed by atoms with van der Waals surface area (Å²) in [7, 11) is 0. The Hall–Kier alpha value is -0.680. The van der Waals surface area contributed by atoms with E-state index in [9.17, 15) is 0 Å². The Balaban J connectivity index is 1.97. The first kappa shape index (κ1) is 9.86. The predicted octanol–water partition coefficient (Wildman–Crippen LogP) is 1.35. The lowest BCUT2D eigenvalue weighted by molar-refractivity contribution is 0.282. The first-order chi connectivity index (χ1) is 6.57. The average molecular weight is 212 g/mol. The molecule has 2 N–H and O–H groups in total. The second-order valence-electron chi connectivity index (χ2n) is 4.71. The minimum absolute atomic E-state index is 0.443. The summed E-state index contributed by atoms with van der Waals surface area (Å²) in [6, 6.07) is 0. The van der Waals surface area contributed by atoms with Gasteiger partial charge in [-0.1, -0.05) is 18.3 Å². The van der Waals surface area contributed by atoms with Crippen molar-refractivity contribution in [3.8, 4) is 0 Å². The van der Waals surface area contributed by atoms with Crippen molar-refractivity contribution in [2.24, 2.45) is 5.41 Å². The van der Waals surface area contributed by atoms with Gasteiger partial charge < -0.3 is 5.73 Å². The summed E-state index contributed by atoms with van der Waals surface area (Å²) in [6.45, 7) is 7.73. The zero-order valence-electron chi connectivity index (χ0n) is 8.66. The monoisotopic (exact) mass is 212 g/mol. The lowest BCUT2D eigenvalue weighted by Crippen LogP contribution is -2.23. The molecule has 4 nitrogen and oxygen atoms in total. The topological polar surface area (TPSA) is 55.0 Å². The van der Waals surface area contributed by atoms with Gasteiger partial charge in [-0.15, -0.1) is 5.10 Å². The Kier molecular flexibility index (Phi) is 2.45. The molecule has 1 saturated heterocycles. The molecule has 78 valence electrons. The van der Waals surface area contributed by atoms with Crippen molar-refractivity contribution in [3.05, 3.63) is 5.69 Å². The van der Waals surface area contributed by atoms with Gasteiger partial charge in [-0.25, -0.2) is 0 Å². The van der Waals surface area contributed by atoms with Gasteiger partial charge in [-0.3, -0.25) is 4.90 Å². The molecule has 1 aliphatic heterocycles. The second-order valence-corrected chi connectivity index (χ2v) is 5.49. The maximum absolute atomic E-state index is 5.75. The summed E-state index contributed by atoms with van der Waals surface area (Å²) in [5, 5.41) is 4.79. The number of nitrogens with zero attached hydrogens (tertiary/aromatic N) is 3. The number of hydrogen-bond donors (Lipinski definition) is 1. The molecule has 1 aromatic heterocycles. The van der Waals surface area contributed by atoms with Crippen molar-refractivity contribution in [1.29, 1.82) is 0 Å². The van der Waals surface area contributed by atoms with E-state index in [1.165, 1.54) is 18.0 Å². The third-order valence-electron chi connectivity index (χ3n) is 2.71. The van der Waals surface area contributed by atoms with Gasteiger partial charge in [0.15, 0.2) is 0 Å². The standard InChI is InChI=1S/C9H16N4S/c1-9(2)3-4-13(6-9)5-7-8(10)14-12-11-7/h3-6,10H2,1-2H3. The number of aromatic nitrogens is 2. The second kappa shape index (κ2) is 3.47. The van der Waals surface area contributed by atoms with Gasteiger partial charge >= 0.3 is 0 Å². The molecule has 2 rings (SSSR count). The van der Waals surface area contributed by atoms with E-state index < -0.39 is 0 Å². The predicted molar refractivity (Wildman–Crippen MR) is 58.0 cm³/mol. The third-order valence-corrected chi connectivity index (χ3v) is 3.31. The van der Waals surface area contributed by atoms with Crippen molar-refractivity contribution >= 4 is 16.5 Å². The molecule has 0 radical (unpaired) electrons. The van der Waals surface area contributed by atoms with Crippen molar-refractivity contribution in [1.82, 2.24) is 14.5 Å². The quantitative estimate of drug-likeness (QED) is 0.804. The summed E-state index contributed by atoms with van der Waals surface area (Å²) >= 11 is 1.28. The molecule has 0 bridgehead atoms. The minimum atomic E-state index is 0.443. The van der Waals surface area contributed by atoms with Gasteiger partial charge in [-0.05, 0) is 18.4 Å². The smallest absolute Gasteiger partial charge is 0.132 e. The number of nitrogen functional groups attached to an aromatic ring is 1. The molecule has 0 aromatic carbocycles. The molecule has 0 unspecified atom stereocenters. The molecule has 5 heteroatoms. The summed E-state index contributed by atoms with van der Waals surface area (Å²) in [6.07, 6.45) is 1.25. The molecule has 1 aliphatic rings. The van der Waals surface area contributed by atoms with Crippen LogP contribution >= 0.6 is 11.5 Å². The normalized spacial score (nSPS) is 21.6. The highest BCUT2D eigenvalue weighted by molar-refractivity contribution is 7.09. The van der Waals surface area contributed by atoms with Crippen LogP contribution in [0.1, 0.15) is 26.0 Å². The fourth-order valence-corrected chi connectivity index (χ4v) is 2.33. The van der Waals surface area contributed by atoms with Gasteiger partial charge in [0.1, 0.15) is 10.7 Å². The number of likely N-dealkylation sites (tertiary alicyclic amines) is 1. The number of nitrogens with two attached hydrogens (primary N) is 1. The van der Waals surface area contributed by atoms with Crippen molar-refractivity contribution in [2.75, 3.05) is 18.8 Å². The fourth-order valence-electron chi connectivity index (χ4n) is 1.90. The molecule has 0 saturated carbocycles. The molecule has 1 fully saturated rings. The lowest BCUT2D eigenvalue weighted by Gasteiger charge is -2.18. The molecule has 0 aliphatic carbocycles. The van der Waals surface area contributed by atoms with Crippen LogP contribution in [0.5, 0.6) is 0 Å². The van der Waals surface area contributed by atoms with E-state index in [1.807, 2.05) is 0 Å². The maximum atomic E-state index is 5.75. The Bertz CT molecular complexity index is 320. The Labute approximate surface area is 88.3 Å². The van der Waals surface area contributed by atoms with E-state index in [2.05, 4.69) is 28.3 Å².